The first-order chi connectivity index (χ1) is 11.6. The molecule has 0 radical (unpaired) electrons. The minimum Gasteiger partial charge on any atom is -0.468 e. The zero-order chi connectivity index (χ0) is 16.6. The van der Waals surface area contributed by atoms with Crippen molar-refractivity contribution < 1.29 is 4.42 Å². The van der Waals surface area contributed by atoms with Crippen molar-refractivity contribution in [1.29, 1.82) is 0 Å². The Bertz CT molecular complexity index is 655. The Hall–Kier alpha value is -1.59. The maximum absolute atomic E-state index is 5.53. The first kappa shape index (κ1) is 15.9. The van der Waals surface area contributed by atoms with Crippen LogP contribution in [0, 0.1) is 5.41 Å². The number of furan rings is 1. The summed E-state index contributed by atoms with van der Waals surface area (Å²) in [5.41, 5.74) is 1.86. The highest BCUT2D eigenvalue weighted by molar-refractivity contribution is 5.07. The lowest BCUT2D eigenvalue weighted by atomic mass is 9.58. The Morgan fingerprint density at radius 3 is 2.75 bits per heavy atom. The van der Waals surface area contributed by atoms with Crippen molar-refractivity contribution in [3.63, 3.8) is 0 Å². The van der Waals surface area contributed by atoms with Crippen LogP contribution in [-0.4, -0.2) is 45.8 Å². The Morgan fingerprint density at radius 1 is 1.33 bits per heavy atom. The number of aryl methyl sites for hydroxylation is 1. The summed E-state index contributed by atoms with van der Waals surface area (Å²) in [5, 5.41) is 4.28. The van der Waals surface area contributed by atoms with Crippen LogP contribution in [0.3, 0.4) is 0 Å². The van der Waals surface area contributed by atoms with E-state index in [2.05, 4.69) is 34.2 Å². The van der Waals surface area contributed by atoms with Crippen LogP contribution in [0.1, 0.15) is 37.0 Å². The summed E-state index contributed by atoms with van der Waals surface area (Å²) in [6.07, 6.45) is 11.3. The molecule has 5 nitrogen and oxygen atoms in total. The maximum Gasteiger partial charge on any atom is 0.117 e. The maximum atomic E-state index is 5.53. The van der Waals surface area contributed by atoms with Crippen molar-refractivity contribution >= 4 is 0 Å². The minimum atomic E-state index is 0.535. The van der Waals surface area contributed by atoms with Gasteiger partial charge in [-0.3, -0.25) is 14.5 Å². The quantitative estimate of drug-likeness (QED) is 0.846. The van der Waals surface area contributed by atoms with E-state index in [0.29, 0.717) is 11.5 Å². The predicted molar refractivity (Wildman–Crippen MR) is 93.3 cm³/mol. The largest absolute Gasteiger partial charge is 0.468 e. The summed E-state index contributed by atoms with van der Waals surface area (Å²) in [7, 11) is 4.25. The third-order valence-electron chi connectivity index (χ3n) is 6.16. The molecule has 1 saturated heterocycles. The van der Waals surface area contributed by atoms with E-state index in [-0.39, 0.29) is 0 Å². The average molecular weight is 328 g/mol. The van der Waals surface area contributed by atoms with Crippen molar-refractivity contribution in [3.8, 4) is 0 Å². The SMILES string of the molecule is CN(Cc1ccco1)C1CCC12CCN(Cc1cnn(C)c1)CC2. The molecular weight excluding hydrogens is 300 g/mol. The van der Waals surface area contributed by atoms with Crippen LogP contribution in [0.15, 0.2) is 35.2 Å². The summed E-state index contributed by atoms with van der Waals surface area (Å²) in [5.74, 6) is 1.08. The molecule has 0 aromatic carbocycles. The molecular formula is C19H28N4O. The van der Waals surface area contributed by atoms with Crippen LogP contribution >= 0.6 is 0 Å². The lowest BCUT2D eigenvalue weighted by Gasteiger charge is -2.57. The Labute approximate surface area is 144 Å². The van der Waals surface area contributed by atoms with Gasteiger partial charge in [-0.1, -0.05) is 0 Å². The van der Waals surface area contributed by atoms with E-state index >= 15 is 0 Å². The molecule has 2 aromatic rings. The van der Waals surface area contributed by atoms with Crippen LogP contribution in [0.25, 0.3) is 0 Å². The number of hydrogen-bond donors (Lipinski definition) is 0. The monoisotopic (exact) mass is 328 g/mol. The van der Waals surface area contributed by atoms with Gasteiger partial charge < -0.3 is 4.42 Å². The van der Waals surface area contributed by atoms with E-state index in [0.717, 1.165) is 18.8 Å². The second kappa shape index (κ2) is 6.37. The van der Waals surface area contributed by atoms with Gasteiger partial charge in [0.15, 0.2) is 0 Å². The average Bonchev–Trinajstić information content (AvgIpc) is 3.19. The first-order valence-corrected chi connectivity index (χ1v) is 9.07. The van der Waals surface area contributed by atoms with Crippen LogP contribution in [0.5, 0.6) is 0 Å². The summed E-state index contributed by atoms with van der Waals surface area (Å²) in [4.78, 5) is 5.10. The number of likely N-dealkylation sites (tertiary alicyclic amines) is 1. The smallest absolute Gasteiger partial charge is 0.117 e. The zero-order valence-electron chi connectivity index (χ0n) is 14.8. The van der Waals surface area contributed by atoms with Gasteiger partial charge in [0.05, 0.1) is 19.0 Å². The van der Waals surface area contributed by atoms with E-state index in [1.165, 1.54) is 44.3 Å². The molecule has 1 unspecified atom stereocenters. The minimum absolute atomic E-state index is 0.535. The Morgan fingerprint density at radius 2 is 2.17 bits per heavy atom. The Balaban J connectivity index is 1.32. The van der Waals surface area contributed by atoms with Gasteiger partial charge in [-0.15, -0.1) is 0 Å². The molecule has 0 amide bonds. The molecule has 1 spiro atoms. The second-order valence-electron chi connectivity index (χ2n) is 7.71. The lowest BCUT2D eigenvalue weighted by molar-refractivity contribution is -0.0648. The van der Waals surface area contributed by atoms with Crippen LogP contribution in [0.2, 0.25) is 0 Å². The summed E-state index contributed by atoms with van der Waals surface area (Å²) < 4.78 is 7.42. The molecule has 1 aliphatic carbocycles. The highest BCUT2D eigenvalue weighted by Crippen LogP contribution is 2.51. The van der Waals surface area contributed by atoms with E-state index in [4.69, 9.17) is 4.42 Å². The van der Waals surface area contributed by atoms with Crippen molar-refractivity contribution in [2.75, 3.05) is 20.1 Å². The third-order valence-corrected chi connectivity index (χ3v) is 6.16. The van der Waals surface area contributed by atoms with Crippen LogP contribution < -0.4 is 0 Å². The molecule has 2 fully saturated rings. The molecule has 3 heterocycles. The predicted octanol–water partition coefficient (Wildman–Crippen LogP) is 2.89. The number of rotatable bonds is 5. The standard InChI is InChI=1S/C19H28N4O/c1-21(15-17-4-3-11-24-17)18-5-6-19(18)7-9-23(10-8-19)14-16-12-20-22(2)13-16/h3-4,11-13,18H,5-10,14-15H2,1-2H3. The molecule has 0 bridgehead atoms. The van der Waals surface area contributed by atoms with E-state index in [9.17, 15) is 0 Å². The van der Waals surface area contributed by atoms with Gasteiger partial charge in [0.2, 0.25) is 0 Å². The van der Waals surface area contributed by atoms with Gasteiger partial charge in [-0.2, -0.15) is 5.10 Å². The number of nitrogens with zero attached hydrogens (tertiary/aromatic N) is 4. The fourth-order valence-corrected chi connectivity index (χ4v) is 4.68. The normalized spacial score (nSPS) is 23.7. The van der Waals surface area contributed by atoms with Crippen molar-refractivity contribution in [3.05, 3.63) is 42.1 Å². The molecule has 1 aliphatic heterocycles. The fourth-order valence-electron chi connectivity index (χ4n) is 4.68. The molecule has 5 heteroatoms. The second-order valence-corrected chi connectivity index (χ2v) is 7.71. The van der Waals surface area contributed by atoms with Gasteiger partial charge in [0.1, 0.15) is 5.76 Å². The van der Waals surface area contributed by atoms with E-state index in [1.54, 1.807) is 6.26 Å². The number of hydrogen-bond acceptors (Lipinski definition) is 4. The molecule has 1 atom stereocenters. The van der Waals surface area contributed by atoms with Gasteiger partial charge in [0, 0.05) is 31.4 Å². The highest BCUT2D eigenvalue weighted by Gasteiger charge is 2.49. The van der Waals surface area contributed by atoms with Crippen molar-refractivity contribution in [2.45, 2.75) is 44.8 Å². The molecule has 0 N–H and O–H groups in total. The number of aromatic nitrogens is 2. The van der Waals surface area contributed by atoms with E-state index < -0.39 is 0 Å². The Kier molecular flexibility index (Phi) is 4.22. The molecule has 4 rings (SSSR count). The molecule has 1 saturated carbocycles. The third kappa shape index (κ3) is 3.03. The molecule has 130 valence electrons. The van der Waals surface area contributed by atoms with Crippen LogP contribution in [0.4, 0.5) is 0 Å². The van der Waals surface area contributed by atoms with Crippen molar-refractivity contribution in [1.82, 2.24) is 19.6 Å². The fraction of sp³-hybridized carbons (Fsp3) is 0.632. The lowest BCUT2D eigenvalue weighted by Crippen LogP contribution is -2.57. The molecule has 2 aromatic heterocycles. The van der Waals surface area contributed by atoms with Gasteiger partial charge in [-0.05, 0) is 63.4 Å². The molecule has 24 heavy (non-hydrogen) atoms. The summed E-state index contributed by atoms with van der Waals surface area (Å²) in [6, 6.07) is 4.78. The van der Waals surface area contributed by atoms with Gasteiger partial charge in [-0.25, -0.2) is 0 Å². The van der Waals surface area contributed by atoms with Gasteiger partial charge in [0.25, 0.3) is 0 Å². The van der Waals surface area contributed by atoms with Crippen LogP contribution in [-0.2, 0) is 20.1 Å². The summed E-state index contributed by atoms with van der Waals surface area (Å²) in [6.45, 7) is 4.38. The summed E-state index contributed by atoms with van der Waals surface area (Å²) >= 11 is 0. The number of piperidine rings is 1. The highest BCUT2D eigenvalue weighted by atomic mass is 16.3. The van der Waals surface area contributed by atoms with Gasteiger partial charge >= 0.3 is 0 Å². The van der Waals surface area contributed by atoms with Crippen molar-refractivity contribution in [2.24, 2.45) is 12.5 Å². The zero-order valence-corrected chi connectivity index (χ0v) is 14.8. The first-order valence-electron chi connectivity index (χ1n) is 9.07. The topological polar surface area (TPSA) is 37.4 Å². The molecule has 2 aliphatic rings. The van der Waals surface area contributed by atoms with E-state index in [1.807, 2.05) is 24.0 Å².